The summed E-state index contributed by atoms with van der Waals surface area (Å²) in [5.74, 6) is 0. The van der Waals surface area contributed by atoms with Crippen LogP contribution in [-0.2, 0) is 11.2 Å². The van der Waals surface area contributed by atoms with Gasteiger partial charge in [-0.2, -0.15) is 0 Å². The van der Waals surface area contributed by atoms with Gasteiger partial charge in [-0.1, -0.05) is 23.2 Å². The summed E-state index contributed by atoms with van der Waals surface area (Å²) in [6, 6.07) is 5.46. The first kappa shape index (κ1) is 13.5. The Kier molecular flexibility index (Phi) is 4.03. The van der Waals surface area contributed by atoms with E-state index >= 15 is 0 Å². The molecule has 1 aromatic rings. The highest BCUT2D eigenvalue weighted by molar-refractivity contribution is 6.34. The van der Waals surface area contributed by atoms with E-state index in [0.717, 1.165) is 5.56 Å². The molecule has 1 aliphatic rings. The number of benzene rings is 1. The first-order valence-corrected chi connectivity index (χ1v) is 6.69. The smallest absolute Gasteiger partial charge is 0.410 e. The molecule has 0 N–H and O–H groups in total. The second kappa shape index (κ2) is 5.37. The quantitative estimate of drug-likeness (QED) is 0.847. The normalized spacial score (nSPS) is 23.3. The number of cyclic esters (lactones) is 1. The summed E-state index contributed by atoms with van der Waals surface area (Å²) in [6.45, 7) is 4.59. The topological polar surface area (TPSA) is 29.5 Å². The number of carbonyl (C=O) groups is 1. The lowest BCUT2D eigenvalue weighted by molar-refractivity contribution is 0.130. The van der Waals surface area contributed by atoms with Crippen LogP contribution in [0.1, 0.15) is 19.4 Å². The average Bonchev–Trinajstić information content (AvgIpc) is 2.52. The molecule has 1 heterocycles. The maximum atomic E-state index is 11.6. The van der Waals surface area contributed by atoms with Crippen molar-refractivity contribution >= 4 is 29.3 Å². The van der Waals surface area contributed by atoms with E-state index < -0.39 is 0 Å². The molecule has 1 aliphatic heterocycles. The Bertz CT molecular complexity index is 444. The van der Waals surface area contributed by atoms with Gasteiger partial charge >= 0.3 is 6.09 Å². The van der Waals surface area contributed by atoms with Crippen LogP contribution in [0.15, 0.2) is 18.2 Å². The van der Waals surface area contributed by atoms with Crippen LogP contribution in [-0.4, -0.2) is 29.7 Å². The maximum absolute atomic E-state index is 11.6. The zero-order valence-electron chi connectivity index (χ0n) is 10.3. The van der Waals surface area contributed by atoms with Crippen molar-refractivity contribution in [2.75, 3.05) is 6.54 Å². The molecule has 1 saturated heterocycles. The van der Waals surface area contributed by atoms with Gasteiger partial charge in [0, 0.05) is 23.0 Å². The first-order valence-electron chi connectivity index (χ1n) is 5.93. The summed E-state index contributed by atoms with van der Waals surface area (Å²) in [4.78, 5) is 13.3. The Morgan fingerprint density at radius 1 is 1.28 bits per heavy atom. The van der Waals surface area contributed by atoms with Crippen molar-refractivity contribution in [3.8, 4) is 0 Å². The number of ether oxygens (including phenoxy) is 1. The lowest BCUT2D eigenvalue weighted by Gasteiger charge is -2.19. The molecule has 0 bridgehead atoms. The number of hydrogen-bond acceptors (Lipinski definition) is 2. The molecule has 2 atom stereocenters. The second-order valence-corrected chi connectivity index (χ2v) is 5.30. The summed E-state index contributed by atoms with van der Waals surface area (Å²) in [5, 5.41) is 1.20. The van der Waals surface area contributed by atoms with E-state index in [4.69, 9.17) is 27.9 Å². The highest BCUT2D eigenvalue weighted by Crippen LogP contribution is 2.25. The Morgan fingerprint density at radius 2 is 1.89 bits per heavy atom. The second-order valence-electron chi connectivity index (χ2n) is 4.43. The maximum Gasteiger partial charge on any atom is 0.410 e. The van der Waals surface area contributed by atoms with Crippen LogP contribution >= 0.6 is 23.2 Å². The van der Waals surface area contributed by atoms with Gasteiger partial charge in [-0.25, -0.2) is 4.79 Å². The highest BCUT2D eigenvalue weighted by atomic mass is 35.5. The minimum absolute atomic E-state index is 0.0697. The third kappa shape index (κ3) is 2.73. The van der Waals surface area contributed by atoms with E-state index in [-0.39, 0.29) is 18.2 Å². The molecule has 0 aromatic heterocycles. The highest BCUT2D eigenvalue weighted by Gasteiger charge is 2.37. The number of nitrogens with zero attached hydrogens (tertiary/aromatic N) is 1. The number of amides is 1. The van der Waals surface area contributed by atoms with Crippen LogP contribution in [0, 0.1) is 0 Å². The fourth-order valence-corrected chi connectivity index (χ4v) is 2.82. The first-order chi connectivity index (χ1) is 8.51. The van der Waals surface area contributed by atoms with Crippen molar-refractivity contribution in [3.63, 3.8) is 0 Å². The SMILES string of the molecule is CCN1C(=O)O[C@H](Cc2cc(Cl)cc(Cl)c2)[C@@H]1C. The van der Waals surface area contributed by atoms with Crippen molar-refractivity contribution in [2.24, 2.45) is 0 Å². The van der Waals surface area contributed by atoms with Crippen LogP contribution < -0.4 is 0 Å². The molecule has 1 amide bonds. The summed E-state index contributed by atoms with van der Waals surface area (Å²) >= 11 is 11.9. The van der Waals surface area contributed by atoms with Gasteiger partial charge in [0.25, 0.3) is 0 Å². The molecular formula is C13H15Cl2NO2. The zero-order chi connectivity index (χ0) is 13.3. The minimum atomic E-state index is -0.247. The van der Waals surface area contributed by atoms with Gasteiger partial charge in [-0.3, -0.25) is 0 Å². The fourth-order valence-electron chi connectivity index (χ4n) is 2.25. The number of halogens is 2. The number of carbonyl (C=O) groups excluding carboxylic acids is 1. The predicted molar refractivity (Wildman–Crippen MR) is 72.3 cm³/mol. The van der Waals surface area contributed by atoms with Crippen LogP contribution in [0.4, 0.5) is 4.79 Å². The number of likely N-dealkylation sites (N-methyl/N-ethyl adjacent to an activating group) is 1. The lowest BCUT2D eigenvalue weighted by Crippen LogP contribution is -2.34. The molecule has 98 valence electrons. The minimum Gasteiger partial charge on any atom is -0.444 e. The van der Waals surface area contributed by atoms with E-state index in [1.54, 1.807) is 11.0 Å². The molecule has 0 aliphatic carbocycles. The van der Waals surface area contributed by atoms with E-state index in [9.17, 15) is 4.79 Å². The van der Waals surface area contributed by atoms with Crippen LogP contribution in [0.5, 0.6) is 0 Å². The molecule has 0 saturated carbocycles. The fraction of sp³-hybridized carbons (Fsp3) is 0.462. The van der Waals surface area contributed by atoms with Crippen molar-refractivity contribution in [2.45, 2.75) is 32.4 Å². The van der Waals surface area contributed by atoms with Crippen LogP contribution in [0.2, 0.25) is 10.0 Å². The number of rotatable bonds is 3. The standard InChI is InChI=1S/C13H15Cl2NO2/c1-3-16-8(2)12(18-13(16)17)6-9-4-10(14)7-11(15)5-9/h4-5,7-8,12H,3,6H2,1-2H3/t8-,12+/m0/s1. The van der Waals surface area contributed by atoms with Gasteiger partial charge in [0.1, 0.15) is 6.10 Å². The van der Waals surface area contributed by atoms with Gasteiger partial charge in [0.05, 0.1) is 6.04 Å². The number of hydrogen-bond donors (Lipinski definition) is 0. The average molecular weight is 288 g/mol. The molecule has 3 nitrogen and oxygen atoms in total. The third-order valence-corrected chi connectivity index (χ3v) is 3.65. The van der Waals surface area contributed by atoms with Crippen LogP contribution in [0.3, 0.4) is 0 Å². The molecule has 0 radical (unpaired) electrons. The summed E-state index contributed by atoms with van der Waals surface area (Å²) in [5.41, 5.74) is 0.982. The van der Waals surface area contributed by atoms with Gasteiger partial charge in [-0.15, -0.1) is 0 Å². The van der Waals surface area contributed by atoms with Gasteiger partial charge in [-0.05, 0) is 37.6 Å². The van der Waals surface area contributed by atoms with Gasteiger partial charge in [0.15, 0.2) is 0 Å². The van der Waals surface area contributed by atoms with Gasteiger partial charge in [0.2, 0.25) is 0 Å². The van der Waals surface area contributed by atoms with Gasteiger partial charge < -0.3 is 9.64 Å². The van der Waals surface area contributed by atoms with E-state index in [2.05, 4.69) is 0 Å². The monoisotopic (exact) mass is 287 g/mol. The predicted octanol–water partition coefficient (Wildman–Crippen LogP) is 3.77. The van der Waals surface area contributed by atoms with E-state index in [0.29, 0.717) is 23.0 Å². The molecule has 18 heavy (non-hydrogen) atoms. The van der Waals surface area contributed by atoms with Crippen LogP contribution in [0.25, 0.3) is 0 Å². The Balaban J connectivity index is 2.12. The molecular weight excluding hydrogens is 273 g/mol. The van der Waals surface area contributed by atoms with Crippen molar-refractivity contribution in [1.29, 1.82) is 0 Å². The Morgan fingerprint density at radius 3 is 2.39 bits per heavy atom. The van der Waals surface area contributed by atoms with E-state index in [1.807, 2.05) is 26.0 Å². The van der Waals surface area contributed by atoms with E-state index in [1.165, 1.54) is 0 Å². The largest absolute Gasteiger partial charge is 0.444 e. The Hall–Kier alpha value is -0.930. The summed E-state index contributed by atoms with van der Waals surface area (Å²) in [6.07, 6.45) is 0.235. The van der Waals surface area contributed by atoms with Crippen molar-refractivity contribution < 1.29 is 9.53 Å². The lowest BCUT2D eigenvalue weighted by atomic mass is 10.0. The molecule has 0 unspecified atom stereocenters. The molecule has 5 heteroatoms. The zero-order valence-corrected chi connectivity index (χ0v) is 11.8. The Labute approximate surface area is 117 Å². The van der Waals surface area contributed by atoms with Crippen molar-refractivity contribution in [1.82, 2.24) is 4.90 Å². The summed E-state index contributed by atoms with van der Waals surface area (Å²) in [7, 11) is 0. The summed E-state index contributed by atoms with van der Waals surface area (Å²) < 4.78 is 5.36. The molecule has 1 fully saturated rings. The third-order valence-electron chi connectivity index (χ3n) is 3.22. The molecule has 1 aromatic carbocycles. The molecule has 2 rings (SSSR count). The molecule has 0 spiro atoms. The van der Waals surface area contributed by atoms with Crippen molar-refractivity contribution in [3.05, 3.63) is 33.8 Å².